The van der Waals surface area contributed by atoms with E-state index >= 15 is 0 Å². The summed E-state index contributed by atoms with van der Waals surface area (Å²) in [6.07, 6.45) is 1.18. The van der Waals surface area contributed by atoms with Crippen LogP contribution < -0.4 is 11.1 Å². The first-order valence-corrected chi connectivity index (χ1v) is 6.17. The van der Waals surface area contributed by atoms with Crippen molar-refractivity contribution in [2.75, 3.05) is 0 Å². The highest BCUT2D eigenvalue weighted by Crippen LogP contribution is 2.16. The third kappa shape index (κ3) is 5.20. The van der Waals surface area contributed by atoms with Crippen molar-refractivity contribution in [1.29, 1.82) is 0 Å². The zero-order chi connectivity index (χ0) is 12.8. The number of amides is 1. The molecule has 1 aromatic rings. The van der Waals surface area contributed by atoms with Gasteiger partial charge in [0, 0.05) is 17.5 Å². The Kier molecular flexibility index (Phi) is 5.45. The Hall–Kier alpha value is -1.06. The molecule has 3 N–H and O–H groups in total. The molecule has 2 atom stereocenters. The van der Waals surface area contributed by atoms with Crippen LogP contribution in [-0.4, -0.2) is 11.9 Å². The number of rotatable bonds is 5. The summed E-state index contributed by atoms with van der Waals surface area (Å²) in [7, 11) is 0. The van der Waals surface area contributed by atoms with E-state index in [2.05, 4.69) is 5.32 Å². The van der Waals surface area contributed by atoms with Gasteiger partial charge in [-0.2, -0.15) is 0 Å². The summed E-state index contributed by atoms with van der Waals surface area (Å²) < 4.78 is 0. The second-order valence-corrected chi connectivity index (χ2v) is 4.79. The minimum absolute atomic E-state index is 0.00662. The Bertz CT molecular complexity index is 362. The highest BCUT2D eigenvalue weighted by molar-refractivity contribution is 6.30. The molecule has 2 unspecified atom stereocenters. The number of nitrogens with two attached hydrogens (primary N) is 1. The van der Waals surface area contributed by atoms with Crippen LogP contribution in [0.3, 0.4) is 0 Å². The van der Waals surface area contributed by atoms with Gasteiger partial charge < -0.3 is 11.1 Å². The number of carbonyl (C=O) groups is 1. The molecule has 3 nitrogen and oxygen atoms in total. The summed E-state index contributed by atoms with van der Waals surface area (Å²) >= 11 is 5.81. The van der Waals surface area contributed by atoms with Crippen molar-refractivity contribution < 1.29 is 4.79 Å². The SMILES string of the molecule is CC(N)CCC(=O)NC(C)c1ccc(Cl)cc1. The van der Waals surface area contributed by atoms with Gasteiger partial charge in [-0.25, -0.2) is 0 Å². The Morgan fingerprint density at radius 3 is 2.47 bits per heavy atom. The zero-order valence-corrected chi connectivity index (χ0v) is 11.0. The molecule has 1 amide bonds. The van der Waals surface area contributed by atoms with E-state index in [0.717, 1.165) is 5.56 Å². The van der Waals surface area contributed by atoms with Crippen LogP contribution in [0, 0.1) is 0 Å². The summed E-state index contributed by atoms with van der Waals surface area (Å²) in [5, 5.41) is 3.63. The first-order valence-electron chi connectivity index (χ1n) is 5.79. The minimum atomic E-state index is -0.00662. The second kappa shape index (κ2) is 6.62. The molecule has 0 aliphatic carbocycles. The first-order chi connectivity index (χ1) is 7.99. The molecule has 0 spiro atoms. The van der Waals surface area contributed by atoms with Gasteiger partial charge in [0.1, 0.15) is 0 Å². The van der Waals surface area contributed by atoms with Crippen molar-refractivity contribution in [3.63, 3.8) is 0 Å². The summed E-state index contributed by atoms with van der Waals surface area (Å²) in [5.41, 5.74) is 6.65. The van der Waals surface area contributed by atoms with E-state index in [1.165, 1.54) is 0 Å². The first kappa shape index (κ1) is 14.0. The fourth-order valence-electron chi connectivity index (χ4n) is 1.51. The van der Waals surface area contributed by atoms with Crippen LogP contribution in [0.15, 0.2) is 24.3 Å². The molecular formula is C13H19ClN2O. The summed E-state index contributed by atoms with van der Waals surface area (Å²) in [6.45, 7) is 3.85. The van der Waals surface area contributed by atoms with Gasteiger partial charge >= 0.3 is 0 Å². The number of carbonyl (C=O) groups excluding carboxylic acids is 1. The molecule has 1 rings (SSSR count). The van der Waals surface area contributed by atoms with Crippen molar-refractivity contribution in [2.45, 2.75) is 38.8 Å². The lowest BCUT2D eigenvalue weighted by atomic mass is 10.1. The molecule has 1 aromatic carbocycles. The molecule has 94 valence electrons. The van der Waals surface area contributed by atoms with E-state index in [-0.39, 0.29) is 18.0 Å². The molecule has 0 saturated heterocycles. The quantitative estimate of drug-likeness (QED) is 0.849. The zero-order valence-electron chi connectivity index (χ0n) is 10.2. The predicted octanol–water partition coefficient (Wildman–Crippen LogP) is 2.64. The minimum Gasteiger partial charge on any atom is -0.350 e. The van der Waals surface area contributed by atoms with Crippen LogP contribution in [0.1, 0.15) is 38.3 Å². The van der Waals surface area contributed by atoms with Gasteiger partial charge in [0.05, 0.1) is 6.04 Å². The molecule has 4 heteroatoms. The number of hydrogen-bond acceptors (Lipinski definition) is 2. The largest absolute Gasteiger partial charge is 0.350 e. The van der Waals surface area contributed by atoms with E-state index in [1.54, 1.807) is 0 Å². The Morgan fingerprint density at radius 1 is 1.35 bits per heavy atom. The van der Waals surface area contributed by atoms with E-state index < -0.39 is 0 Å². The van der Waals surface area contributed by atoms with Gasteiger partial charge in [0.2, 0.25) is 5.91 Å². The van der Waals surface area contributed by atoms with Crippen LogP contribution in [0.5, 0.6) is 0 Å². The second-order valence-electron chi connectivity index (χ2n) is 4.36. The average Bonchev–Trinajstić information content (AvgIpc) is 2.27. The van der Waals surface area contributed by atoms with Crippen molar-refractivity contribution in [1.82, 2.24) is 5.32 Å². The van der Waals surface area contributed by atoms with E-state index in [9.17, 15) is 4.79 Å². The van der Waals surface area contributed by atoms with Crippen LogP contribution in [0.2, 0.25) is 5.02 Å². The smallest absolute Gasteiger partial charge is 0.220 e. The maximum absolute atomic E-state index is 11.6. The lowest BCUT2D eigenvalue weighted by Gasteiger charge is -2.15. The lowest BCUT2D eigenvalue weighted by Crippen LogP contribution is -2.28. The van der Waals surface area contributed by atoms with Gasteiger partial charge in [-0.15, -0.1) is 0 Å². The number of halogens is 1. The molecule has 0 saturated carbocycles. The number of benzene rings is 1. The molecule has 0 fully saturated rings. The van der Waals surface area contributed by atoms with Crippen molar-refractivity contribution in [3.8, 4) is 0 Å². The summed E-state index contributed by atoms with van der Waals surface area (Å²) in [4.78, 5) is 11.6. The summed E-state index contributed by atoms with van der Waals surface area (Å²) in [5.74, 6) is 0.0322. The lowest BCUT2D eigenvalue weighted by molar-refractivity contribution is -0.121. The highest BCUT2D eigenvalue weighted by atomic mass is 35.5. The predicted molar refractivity (Wildman–Crippen MR) is 70.9 cm³/mol. The van der Waals surface area contributed by atoms with Crippen molar-refractivity contribution in [2.24, 2.45) is 5.73 Å². The third-order valence-corrected chi connectivity index (χ3v) is 2.83. The average molecular weight is 255 g/mol. The molecule has 0 bridgehead atoms. The fourth-order valence-corrected chi connectivity index (χ4v) is 1.63. The topological polar surface area (TPSA) is 55.1 Å². The molecule has 0 aliphatic rings. The maximum Gasteiger partial charge on any atom is 0.220 e. The highest BCUT2D eigenvalue weighted by Gasteiger charge is 2.09. The van der Waals surface area contributed by atoms with E-state index in [1.807, 2.05) is 38.1 Å². The maximum atomic E-state index is 11.6. The van der Waals surface area contributed by atoms with Crippen LogP contribution in [0.25, 0.3) is 0 Å². The normalized spacial score (nSPS) is 14.1. The van der Waals surface area contributed by atoms with Gasteiger partial charge in [-0.1, -0.05) is 23.7 Å². The van der Waals surface area contributed by atoms with Crippen LogP contribution in [0.4, 0.5) is 0 Å². The van der Waals surface area contributed by atoms with E-state index in [4.69, 9.17) is 17.3 Å². The van der Waals surface area contributed by atoms with Crippen LogP contribution >= 0.6 is 11.6 Å². The van der Waals surface area contributed by atoms with E-state index in [0.29, 0.717) is 17.9 Å². The summed E-state index contributed by atoms with van der Waals surface area (Å²) in [6, 6.07) is 7.53. The fraction of sp³-hybridized carbons (Fsp3) is 0.462. The molecule has 17 heavy (non-hydrogen) atoms. The van der Waals surface area contributed by atoms with Crippen molar-refractivity contribution in [3.05, 3.63) is 34.9 Å². The standard InChI is InChI=1S/C13H19ClN2O/c1-9(15)3-8-13(17)16-10(2)11-4-6-12(14)7-5-11/h4-7,9-10H,3,8,15H2,1-2H3,(H,16,17). The van der Waals surface area contributed by atoms with Gasteiger partial charge in [-0.3, -0.25) is 4.79 Å². The Labute approximate surface area is 107 Å². The van der Waals surface area contributed by atoms with Crippen LogP contribution in [-0.2, 0) is 4.79 Å². The van der Waals surface area contributed by atoms with Crippen molar-refractivity contribution >= 4 is 17.5 Å². The molecule has 0 heterocycles. The molecule has 0 aromatic heterocycles. The Balaban J connectivity index is 2.46. The molecule has 0 aliphatic heterocycles. The number of hydrogen-bond donors (Lipinski definition) is 2. The Morgan fingerprint density at radius 2 is 1.94 bits per heavy atom. The molecule has 0 radical (unpaired) electrons. The number of nitrogens with one attached hydrogen (secondary N) is 1. The van der Waals surface area contributed by atoms with Gasteiger partial charge in [-0.05, 0) is 38.0 Å². The monoisotopic (exact) mass is 254 g/mol. The van der Waals surface area contributed by atoms with Gasteiger partial charge in [0.25, 0.3) is 0 Å². The van der Waals surface area contributed by atoms with Gasteiger partial charge in [0.15, 0.2) is 0 Å². The molecular weight excluding hydrogens is 236 g/mol. The third-order valence-electron chi connectivity index (χ3n) is 2.57.